The molecular formula is C16H14ClF3N2O. The zero-order valence-electron chi connectivity index (χ0n) is 12.0. The highest BCUT2D eigenvalue weighted by Crippen LogP contribution is 2.37. The molecule has 7 heteroatoms. The van der Waals surface area contributed by atoms with Crippen LogP contribution in [0.4, 0.5) is 13.2 Å². The molecule has 1 aromatic carbocycles. The van der Waals surface area contributed by atoms with Crippen molar-refractivity contribution in [1.29, 1.82) is 0 Å². The molecule has 0 spiro atoms. The van der Waals surface area contributed by atoms with Crippen molar-refractivity contribution in [3.8, 4) is 5.75 Å². The van der Waals surface area contributed by atoms with Crippen LogP contribution >= 0.6 is 11.6 Å². The van der Waals surface area contributed by atoms with Gasteiger partial charge < -0.3 is 10.1 Å². The van der Waals surface area contributed by atoms with E-state index in [1.165, 1.54) is 12.3 Å². The van der Waals surface area contributed by atoms with E-state index in [1.54, 1.807) is 0 Å². The first kappa shape index (κ1) is 16.1. The van der Waals surface area contributed by atoms with Crippen LogP contribution in [0.1, 0.15) is 18.1 Å². The Balaban J connectivity index is 1.98. The number of aromatic nitrogens is 1. The van der Waals surface area contributed by atoms with Crippen LogP contribution in [-0.2, 0) is 0 Å². The number of hydrogen-bond acceptors (Lipinski definition) is 3. The molecule has 0 unspecified atom stereocenters. The Bertz CT molecular complexity index is 708. The smallest absolute Gasteiger partial charge is 0.177 e. The summed E-state index contributed by atoms with van der Waals surface area (Å²) in [5.41, 5.74) is 0.457. The molecule has 0 amide bonds. The predicted molar refractivity (Wildman–Crippen MR) is 79.9 cm³/mol. The Kier molecular flexibility index (Phi) is 4.73. The summed E-state index contributed by atoms with van der Waals surface area (Å²) in [4.78, 5) is 3.80. The lowest BCUT2D eigenvalue weighted by Crippen LogP contribution is -2.22. The van der Waals surface area contributed by atoms with Gasteiger partial charge in [0.15, 0.2) is 11.6 Å². The van der Waals surface area contributed by atoms with Gasteiger partial charge in [-0.1, -0.05) is 11.6 Å². The molecule has 3 nitrogen and oxygen atoms in total. The summed E-state index contributed by atoms with van der Waals surface area (Å²) in [5, 5.41) is 2.74. The Hall–Kier alpha value is -1.79. The Morgan fingerprint density at radius 3 is 2.70 bits per heavy atom. The van der Waals surface area contributed by atoms with Crippen molar-refractivity contribution in [2.45, 2.75) is 12.5 Å². The number of pyridine rings is 1. The van der Waals surface area contributed by atoms with Crippen molar-refractivity contribution in [3.05, 3.63) is 58.6 Å². The fourth-order valence-corrected chi connectivity index (χ4v) is 2.90. The number of rotatable bonds is 4. The summed E-state index contributed by atoms with van der Waals surface area (Å²) in [5.74, 6) is -2.46. The molecule has 2 heterocycles. The summed E-state index contributed by atoms with van der Waals surface area (Å²) in [6, 6.07) is 3.16. The minimum atomic E-state index is -0.774. The lowest BCUT2D eigenvalue weighted by atomic mass is 9.96. The summed E-state index contributed by atoms with van der Waals surface area (Å²) in [6.07, 6.45) is 2.61. The van der Waals surface area contributed by atoms with Gasteiger partial charge in [-0.2, -0.15) is 0 Å². The number of hydrogen-bond donors (Lipinski definition) is 1. The van der Waals surface area contributed by atoms with E-state index >= 15 is 0 Å². The van der Waals surface area contributed by atoms with Crippen molar-refractivity contribution in [2.24, 2.45) is 5.92 Å². The molecule has 0 bridgehead atoms. The highest BCUT2D eigenvalue weighted by molar-refractivity contribution is 6.32. The molecule has 122 valence electrons. The molecule has 0 saturated carbocycles. The molecule has 23 heavy (non-hydrogen) atoms. The summed E-state index contributed by atoms with van der Waals surface area (Å²) < 4.78 is 46.8. The second-order valence-corrected chi connectivity index (χ2v) is 5.78. The molecule has 1 aliphatic heterocycles. The van der Waals surface area contributed by atoms with Gasteiger partial charge in [-0.3, -0.25) is 4.98 Å². The van der Waals surface area contributed by atoms with Gasteiger partial charge >= 0.3 is 0 Å². The van der Waals surface area contributed by atoms with E-state index in [9.17, 15) is 13.2 Å². The first-order valence-corrected chi connectivity index (χ1v) is 7.55. The number of halogens is 4. The number of ether oxygens (including phenoxy) is 1. The molecule has 1 N–H and O–H groups in total. The molecule has 0 aliphatic carbocycles. The Morgan fingerprint density at radius 1 is 1.22 bits per heavy atom. The highest BCUT2D eigenvalue weighted by Gasteiger charge is 2.30. The molecule has 1 aromatic heterocycles. The zero-order chi connectivity index (χ0) is 16.4. The number of nitrogens with zero attached hydrogens (tertiary/aromatic N) is 1. The molecule has 1 saturated heterocycles. The van der Waals surface area contributed by atoms with Gasteiger partial charge in [0.05, 0.1) is 6.20 Å². The first-order chi connectivity index (χ1) is 11.1. The fraction of sp³-hybridized carbons (Fsp3) is 0.312. The van der Waals surface area contributed by atoms with Crippen LogP contribution < -0.4 is 10.1 Å². The van der Waals surface area contributed by atoms with E-state index in [2.05, 4.69) is 10.3 Å². The maximum atomic E-state index is 14.0. The maximum Gasteiger partial charge on any atom is 0.177 e. The SMILES string of the molecule is Fc1cncc([C@@H](Oc2c(F)ccc(F)c2Cl)[C@H]2CCNC2)c1. The quantitative estimate of drug-likeness (QED) is 0.856. The van der Waals surface area contributed by atoms with E-state index in [1.807, 2.05) is 0 Å². The van der Waals surface area contributed by atoms with Crippen molar-refractivity contribution in [2.75, 3.05) is 13.1 Å². The monoisotopic (exact) mass is 342 g/mol. The van der Waals surface area contributed by atoms with Gasteiger partial charge in [-0.15, -0.1) is 0 Å². The standard InChI is InChI=1S/C16H14ClF3N2O/c17-14-12(19)1-2-13(20)16(14)23-15(9-3-4-21-6-9)10-5-11(18)8-22-7-10/h1-2,5,7-9,15,21H,3-4,6H2/t9-,15-/m0/s1. The van der Waals surface area contributed by atoms with E-state index in [4.69, 9.17) is 16.3 Å². The topological polar surface area (TPSA) is 34.1 Å². The predicted octanol–water partition coefficient (Wildman–Crippen LogP) is 3.88. The van der Waals surface area contributed by atoms with Gasteiger partial charge in [-0.25, -0.2) is 13.2 Å². The van der Waals surface area contributed by atoms with E-state index in [0.29, 0.717) is 12.1 Å². The van der Waals surface area contributed by atoms with Crippen LogP contribution in [0.5, 0.6) is 5.75 Å². The number of benzene rings is 1. The number of nitrogens with one attached hydrogen (secondary N) is 1. The van der Waals surface area contributed by atoms with Gasteiger partial charge in [0.25, 0.3) is 0 Å². The average molecular weight is 343 g/mol. The van der Waals surface area contributed by atoms with Gasteiger partial charge in [0.1, 0.15) is 22.8 Å². The van der Waals surface area contributed by atoms with Crippen molar-refractivity contribution in [3.63, 3.8) is 0 Å². The van der Waals surface area contributed by atoms with Gasteiger partial charge in [0.2, 0.25) is 0 Å². The fourth-order valence-electron chi connectivity index (χ4n) is 2.70. The van der Waals surface area contributed by atoms with Crippen LogP contribution in [0.15, 0.2) is 30.6 Å². The second-order valence-electron chi connectivity index (χ2n) is 5.40. The zero-order valence-corrected chi connectivity index (χ0v) is 12.8. The normalized spacial score (nSPS) is 18.9. The maximum absolute atomic E-state index is 14.0. The Morgan fingerprint density at radius 2 is 2.00 bits per heavy atom. The van der Waals surface area contributed by atoms with Crippen LogP contribution in [0.2, 0.25) is 5.02 Å². The van der Waals surface area contributed by atoms with E-state index < -0.39 is 28.6 Å². The van der Waals surface area contributed by atoms with Gasteiger partial charge in [0, 0.05) is 24.2 Å². The van der Waals surface area contributed by atoms with Crippen LogP contribution in [0, 0.1) is 23.4 Å². The van der Waals surface area contributed by atoms with Crippen LogP contribution in [-0.4, -0.2) is 18.1 Å². The average Bonchev–Trinajstić information content (AvgIpc) is 3.05. The third kappa shape index (κ3) is 3.43. The lowest BCUT2D eigenvalue weighted by molar-refractivity contribution is 0.137. The van der Waals surface area contributed by atoms with Crippen molar-refractivity contribution < 1.29 is 17.9 Å². The third-order valence-corrected chi connectivity index (χ3v) is 4.18. The second kappa shape index (κ2) is 6.76. The Labute approximate surface area is 136 Å². The van der Waals surface area contributed by atoms with Gasteiger partial charge in [-0.05, 0) is 31.2 Å². The summed E-state index contributed by atoms with van der Waals surface area (Å²) in [7, 11) is 0. The molecule has 1 aliphatic rings. The van der Waals surface area contributed by atoms with Crippen molar-refractivity contribution in [1.82, 2.24) is 10.3 Å². The lowest BCUT2D eigenvalue weighted by Gasteiger charge is -2.25. The molecular weight excluding hydrogens is 329 g/mol. The van der Waals surface area contributed by atoms with Crippen LogP contribution in [0.25, 0.3) is 0 Å². The van der Waals surface area contributed by atoms with Crippen molar-refractivity contribution >= 4 is 11.6 Å². The molecule has 2 aromatic rings. The highest BCUT2D eigenvalue weighted by atomic mass is 35.5. The summed E-state index contributed by atoms with van der Waals surface area (Å²) >= 11 is 5.82. The largest absolute Gasteiger partial charge is 0.481 e. The first-order valence-electron chi connectivity index (χ1n) is 7.17. The third-order valence-electron chi connectivity index (χ3n) is 3.83. The van der Waals surface area contributed by atoms with E-state index in [0.717, 1.165) is 31.3 Å². The molecule has 1 fully saturated rings. The minimum absolute atomic E-state index is 0.0302. The summed E-state index contributed by atoms with van der Waals surface area (Å²) in [6.45, 7) is 1.39. The van der Waals surface area contributed by atoms with Crippen LogP contribution in [0.3, 0.4) is 0 Å². The molecule has 2 atom stereocenters. The molecule has 0 radical (unpaired) electrons. The molecule has 3 rings (SSSR count). The minimum Gasteiger partial charge on any atom is -0.481 e. The van der Waals surface area contributed by atoms with E-state index in [-0.39, 0.29) is 11.7 Å².